The van der Waals surface area contributed by atoms with Gasteiger partial charge in [0.1, 0.15) is 11.4 Å². The Balaban J connectivity index is 1.43. The summed E-state index contributed by atoms with van der Waals surface area (Å²) in [6, 6.07) is 38.2. The van der Waals surface area contributed by atoms with Crippen LogP contribution in [0.5, 0.6) is 5.75 Å². The standard InChI is InChI=1S/C37H38N4O/c1-36(2,38)24-13-25-42-30-20-22-33-31(26-30)35(40-41(33)3)32-21-23-34(39-32)37(27-14-7-4-8-15-27,28-16-9-5-10-17-28)29-18-11-6-12-19-29/h4-12,14-23,26,34H,13,24-25,38H2,1-3H3. The predicted octanol–water partition coefficient (Wildman–Crippen LogP) is 7.23. The number of nitrogens with two attached hydrogens (primary N) is 1. The van der Waals surface area contributed by atoms with Crippen molar-refractivity contribution in [2.75, 3.05) is 6.61 Å². The lowest BCUT2D eigenvalue weighted by Gasteiger charge is -2.39. The van der Waals surface area contributed by atoms with E-state index < -0.39 is 5.41 Å². The molecule has 1 atom stereocenters. The smallest absolute Gasteiger partial charge is 0.120 e. The third-order valence-corrected chi connectivity index (χ3v) is 8.14. The molecule has 1 unspecified atom stereocenters. The topological polar surface area (TPSA) is 65.4 Å². The van der Waals surface area contributed by atoms with Gasteiger partial charge in [0.05, 0.1) is 29.3 Å². The van der Waals surface area contributed by atoms with Crippen LogP contribution < -0.4 is 10.5 Å². The molecule has 0 saturated heterocycles. The van der Waals surface area contributed by atoms with Crippen LogP contribution in [0.15, 0.2) is 126 Å². The molecule has 0 spiro atoms. The molecule has 2 N–H and O–H groups in total. The summed E-state index contributed by atoms with van der Waals surface area (Å²) in [5.41, 5.74) is 11.8. The molecule has 0 fully saturated rings. The monoisotopic (exact) mass is 554 g/mol. The van der Waals surface area contributed by atoms with Crippen LogP contribution in [0.3, 0.4) is 0 Å². The van der Waals surface area contributed by atoms with Crippen LogP contribution in [0.2, 0.25) is 0 Å². The number of allylic oxidation sites excluding steroid dienone is 1. The number of ether oxygens (including phenoxy) is 1. The summed E-state index contributed by atoms with van der Waals surface area (Å²) in [5, 5.41) is 5.97. The van der Waals surface area contributed by atoms with E-state index in [0.717, 1.165) is 40.9 Å². The first-order valence-corrected chi connectivity index (χ1v) is 14.7. The highest BCUT2D eigenvalue weighted by atomic mass is 16.5. The van der Waals surface area contributed by atoms with E-state index in [2.05, 4.69) is 115 Å². The third kappa shape index (κ3) is 5.28. The number of fused-ring (bicyclic) bond motifs is 1. The first-order valence-electron chi connectivity index (χ1n) is 14.7. The molecule has 0 aliphatic carbocycles. The maximum absolute atomic E-state index is 6.15. The quantitative estimate of drug-likeness (QED) is 0.146. The average Bonchev–Trinajstić information content (AvgIpc) is 3.62. The molecule has 6 rings (SSSR count). The maximum Gasteiger partial charge on any atom is 0.120 e. The molecule has 0 amide bonds. The lowest BCUT2D eigenvalue weighted by atomic mass is 9.65. The zero-order valence-corrected chi connectivity index (χ0v) is 24.6. The average molecular weight is 555 g/mol. The van der Waals surface area contributed by atoms with Crippen LogP contribution >= 0.6 is 0 Å². The van der Waals surface area contributed by atoms with Gasteiger partial charge in [0.2, 0.25) is 0 Å². The Hall–Kier alpha value is -4.48. The first kappa shape index (κ1) is 27.7. The van der Waals surface area contributed by atoms with Gasteiger partial charge in [-0.1, -0.05) is 97.1 Å². The summed E-state index contributed by atoms with van der Waals surface area (Å²) < 4.78 is 8.06. The van der Waals surface area contributed by atoms with Crippen molar-refractivity contribution in [1.82, 2.24) is 9.78 Å². The SMILES string of the molecule is Cn1nc(C2=NC(C(c3ccccc3)(c3ccccc3)c3ccccc3)C=C2)c2cc(OCCCC(C)(C)N)ccc21. The van der Waals surface area contributed by atoms with Gasteiger partial charge in [-0.3, -0.25) is 9.67 Å². The molecule has 5 nitrogen and oxygen atoms in total. The summed E-state index contributed by atoms with van der Waals surface area (Å²) >= 11 is 0. The molecule has 1 aliphatic heterocycles. The van der Waals surface area contributed by atoms with E-state index in [-0.39, 0.29) is 11.6 Å². The normalized spacial score (nSPS) is 15.2. The fourth-order valence-corrected chi connectivity index (χ4v) is 6.16. The largest absolute Gasteiger partial charge is 0.494 e. The van der Waals surface area contributed by atoms with Crippen LogP contribution in [0.4, 0.5) is 0 Å². The second kappa shape index (κ2) is 11.4. The molecule has 4 aromatic carbocycles. The Morgan fingerprint density at radius 2 is 1.38 bits per heavy atom. The van der Waals surface area contributed by atoms with E-state index in [1.54, 1.807) is 0 Å². The molecule has 1 aromatic heterocycles. The predicted molar refractivity (Wildman–Crippen MR) is 172 cm³/mol. The number of aromatic nitrogens is 2. The molecular weight excluding hydrogens is 516 g/mol. The van der Waals surface area contributed by atoms with E-state index >= 15 is 0 Å². The molecule has 42 heavy (non-hydrogen) atoms. The summed E-state index contributed by atoms with van der Waals surface area (Å²) in [5.74, 6) is 0.831. The van der Waals surface area contributed by atoms with Crippen molar-refractivity contribution >= 4 is 16.6 Å². The van der Waals surface area contributed by atoms with Gasteiger partial charge in [0.25, 0.3) is 0 Å². The fourth-order valence-electron chi connectivity index (χ4n) is 6.16. The second-order valence-corrected chi connectivity index (χ2v) is 11.8. The van der Waals surface area contributed by atoms with Gasteiger partial charge in [0.15, 0.2) is 0 Å². The lowest BCUT2D eigenvalue weighted by Crippen LogP contribution is -2.39. The van der Waals surface area contributed by atoms with E-state index in [0.29, 0.717) is 6.61 Å². The molecule has 0 radical (unpaired) electrons. The van der Waals surface area contributed by atoms with Crippen LogP contribution in [-0.2, 0) is 12.5 Å². The summed E-state index contributed by atoms with van der Waals surface area (Å²) in [7, 11) is 1.98. The van der Waals surface area contributed by atoms with Crippen molar-refractivity contribution in [3.8, 4) is 5.75 Å². The summed E-state index contributed by atoms with van der Waals surface area (Å²) in [4.78, 5) is 5.43. The van der Waals surface area contributed by atoms with E-state index in [1.165, 1.54) is 16.7 Å². The molecule has 212 valence electrons. The van der Waals surface area contributed by atoms with Crippen LogP contribution in [0.25, 0.3) is 10.9 Å². The zero-order chi connectivity index (χ0) is 29.2. The Morgan fingerprint density at radius 1 is 0.810 bits per heavy atom. The van der Waals surface area contributed by atoms with Gasteiger partial charge >= 0.3 is 0 Å². The van der Waals surface area contributed by atoms with Gasteiger partial charge in [-0.25, -0.2) is 0 Å². The minimum Gasteiger partial charge on any atom is -0.494 e. The van der Waals surface area contributed by atoms with Gasteiger partial charge < -0.3 is 10.5 Å². The zero-order valence-electron chi connectivity index (χ0n) is 24.6. The number of nitrogens with zero attached hydrogens (tertiary/aromatic N) is 3. The van der Waals surface area contributed by atoms with Gasteiger partial charge in [-0.2, -0.15) is 5.10 Å². The highest BCUT2D eigenvalue weighted by Gasteiger charge is 2.44. The van der Waals surface area contributed by atoms with E-state index in [1.807, 2.05) is 31.6 Å². The number of aliphatic imine (C=N–C) groups is 1. The van der Waals surface area contributed by atoms with E-state index in [4.69, 9.17) is 20.6 Å². The molecule has 5 aromatic rings. The number of hydrogen-bond donors (Lipinski definition) is 1. The molecule has 1 aliphatic rings. The maximum atomic E-state index is 6.15. The third-order valence-electron chi connectivity index (χ3n) is 8.14. The summed E-state index contributed by atoms with van der Waals surface area (Å²) in [6.07, 6.45) is 6.17. The minimum atomic E-state index is -0.516. The number of benzene rings is 4. The number of aryl methyl sites for hydroxylation is 1. The number of rotatable bonds is 10. The fraction of sp³-hybridized carbons (Fsp3) is 0.243. The van der Waals surface area contributed by atoms with Crippen LogP contribution in [-0.4, -0.2) is 33.7 Å². The molecule has 0 saturated carbocycles. The second-order valence-electron chi connectivity index (χ2n) is 11.8. The van der Waals surface area contributed by atoms with Crippen molar-refractivity contribution in [3.63, 3.8) is 0 Å². The highest BCUT2D eigenvalue weighted by molar-refractivity contribution is 6.16. The van der Waals surface area contributed by atoms with Crippen molar-refractivity contribution in [2.45, 2.75) is 43.7 Å². The molecule has 0 bridgehead atoms. The van der Waals surface area contributed by atoms with Gasteiger partial charge in [0, 0.05) is 18.0 Å². The van der Waals surface area contributed by atoms with Crippen LogP contribution in [0, 0.1) is 0 Å². The Bertz CT molecular complexity index is 1620. The Morgan fingerprint density at radius 3 is 1.93 bits per heavy atom. The van der Waals surface area contributed by atoms with Crippen molar-refractivity contribution < 1.29 is 4.74 Å². The Labute approximate surface area is 248 Å². The van der Waals surface area contributed by atoms with Gasteiger partial charge in [-0.15, -0.1) is 0 Å². The summed E-state index contributed by atoms with van der Waals surface area (Å²) in [6.45, 7) is 4.72. The molecule has 2 heterocycles. The van der Waals surface area contributed by atoms with Gasteiger partial charge in [-0.05, 0) is 67.7 Å². The minimum absolute atomic E-state index is 0.171. The molecule has 5 heteroatoms. The lowest BCUT2D eigenvalue weighted by molar-refractivity contribution is 0.290. The van der Waals surface area contributed by atoms with Crippen molar-refractivity contribution in [1.29, 1.82) is 0 Å². The highest BCUT2D eigenvalue weighted by Crippen LogP contribution is 2.45. The Kier molecular flexibility index (Phi) is 7.53. The molecular formula is C37H38N4O. The van der Waals surface area contributed by atoms with E-state index in [9.17, 15) is 0 Å². The first-order chi connectivity index (χ1) is 20.4. The van der Waals surface area contributed by atoms with Crippen molar-refractivity contribution in [2.24, 2.45) is 17.8 Å². The number of hydrogen-bond acceptors (Lipinski definition) is 4. The van der Waals surface area contributed by atoms with Crippen molar-refractivity contribution in [3.05, 3.63) is 144 Å². The van der Waals surface area contributed by atoms with Crippen LogP contribution in [0.1, 0.15) is 49.1 Å².